The van der Waals surface area contributed by atoms with Crippen molar-refractivity contribution in [1.82, 2.24) is 5.43 Å². The third-order valence-corrected chi connectivity index (χ3v) is 2.12. The molecule has 1 aromatic rings. The number of hydrogen-bond donors (Lipinski definition) is 3. The van der Waals surface area contributed by atoms with E-state index in [2.05, 4.69) is 21.4 Å². The second-order valence-electron chi connectivity index (χ2n) is 2.12. The number of nitrogens with one attached hydrogen (secondary N) is 1. The van der Waals surface area contributed by atoms with Crippen molar-refractivity contribution in [3.05, 3.63) is 28.2 Å². The summed E-state index contributed by atoms with van der Waals surface area (Å²) in [6, 6.07) is 5.24. The smallest absolute Gasteiger partial charge is 0.121 e. The molecule has 0 fully saturated rings. The minimum Gasteiger partial charge on any atom is -0.508 e. The van der Waals surface area contributed by atoms with Crippen LogP contribution in [-0.4, -0.2) is 5.11 Å². The quantitative estimate of drug-likeness (QED) is 0.553. The Bertz CT molecular complexity index is 237. The monoisotopic (exact) mass is 252 g/mol. The maximum atomic E-state index is 9.30. The first-order valence-electron chi connectivity index (χ1n) is 3.15. The fourth-order valence-electron chi connectivity index (χ4n) is 0.824. The van der Waals surface area contributed by atoms with Crippen molar-refractivity contribution in [2.75, 3.05) is 0 Å². The zero-order chi connectivity index (χ0) is 8.27. The average Bonchev–Trinajstić information content (AvgIpc) is 1.97. The van der Waals surface area contributed by atoms with E-state index in [9.17, 15) is 5.11 Å². The number of hydrogen-bond acceptors (Lipinski definition) is 3. The minimum atomic E-state index is 0. The molecule has 0 saturated carbocycles. The van der Waals surface area contributed by atoms with Gasteiger partial charge in [0.25, 0.3) is 0 Å². The zero-order valence-corrected chi connectivity index (χ0v) is 8.65. The van der Waals surface area contributed by atoms with Crippen molar-refractivity contribution >= 4 is 28.3 Å². The van der Waals surface area contributed by atoms with Gasteiger partial charge in [0.1, 0.15) is 5.75 Å². The number of nitrogens with two attached hydrogens (primary N) is 1. The Labute approximate surface area is 85.5 Å². The molecule has 0 atom stereocenters. The van der Waals surface area contributed by atoms with Crippen LogP contribution in [0.1, 0.15) is 5.56 Å². The average molecular weight is 254 g/mol. The van der Waals surface area contributed by atoms with E-state index in [-0.39, 0.29) is 18.2 Å². The van der Waals surface area contributed by atoms with Gasteiger partial charge in [0.05, 0.1) is 0 Å². The maximum Gasteiger partial charge on any atom is 0.121 e. The summed E-state index contributed by atoms with van der Waals surface area (Å²) in [5.41, 5.74) is 3.25. The first-order chi connectivity index (χ1) is 5.25. The van der Waals surface area contributed by atoms with E-state index in [4.69, 9.17) is 5.84 Å². The minimum absolute atomic E-state index is 0. The highest BCUT2D eigenvalue weighted by atomic mass is 79.9. The van der Waals surface area contributed by atoms with Crippen LogP contribution in [0.5, 0.6) is 5.75 Å². The van der Waals surface area contributed by atoms with Gasteiger partial charge in [-0.1, -0.05) is 22.0 Å². The number of benzene rings is 1. The molecule has 0 bridgehead atoms. The predicted molar refractivity (Wildman–Crippen MR) is 54.1 cm³/mol. The molecule has 0 unspecified atom stereocenters. The molecule has 12 heavy (non-hydrogen) atoms. The van der Waals surface area contributed by atoms with Crippen LogP contribution in [0.3, 0.4) is 0 Å². The molecule has 1 rings (SSSR count). The molecule has 0 aliphatic rings. The Morgan fingerprint density at radius 3 is 2.67 bits per heavy atom. The van der Waals surface area contributed by atoms with Crippen LogP contribution >= 0.6 is 28.3 Å². The number of rotatable bonds is 2. The molecule has 5 heteroatoms. The lowest BCUT2D eigenvalue weighted by Crippen LogP contribution is -2.21. The number of halogens is 2. The van der Waals surface area contributed by atoms with Gasteiger partial charge in [-0.2, -0.15) is 0 Å². The zero-order valence-electron chi connectivity index (χ0n) is 6.25. The van der Waals surface area contributed by atoms with Gasteiger partial charge in [-0.15, -0.1) is 12.4 Å². The highest BCUT2D eigenvalue weighted by Gasteiger charge is 2.02. The number of hydrazine groups is 1. The van der Waals surface area contributed by atoms with Crippen molar-refractivity contribution in [3.8, 4) is 5.75 Å². The van der Waals surface area contributed by atoms with E-state index in [0.29, 0.717) is 6.54 Å². The molecular weight excluding hydrogens is 243 g/mol. The van der Waals surface area contributed by atoms with E-state index < -0.39 is 0 Å². The molecule has 0 saturated heterocycles. The largest absolute Gasteiger partial charge is 0.508 e. The van der Waals surface area contributed by atoms with Crippen molar-refractivity contribution in [2.24, 2.45) is 5.84 Å². The van der Waals surface area contributed by atoms with E-state index in [1.807, 2.05) is 6.07 Å². The van der Waals surface area contributed by atoms with Gasteiger partial charge in [0.2, 0.25) is 0 Å². The Morgan fingerprint density at radius 1 is 1.50 bits per heavy atom. The Kier molecular flexibility index (Phi) is 5.24. The van der Waals surface area contributed by atoms with Crippen LogP contribution in [0.25, 0.3) is 0 Å². The summed E-state index contributed by atoms with van der Waals surface area (Å²) in [6.45, 7) is 0.452. The first-order valence-corrected chi connectivity index (χ1v) is 3.95. The summed E-state index contributed by atoms with van der Waals surface area (Å²) < 4.78 is 0.857. The normalized spacial score (nSPS) is 9.17. The van der Waals surface area contributed by atoms with E-state index >= 15 is 0 Å². The molecule has 4 N–H and O–H groups in total. The molecule has 0 spiro atoms. The molecule has 1 aromatic carbocycles. The summed E-state index contributed by atoms with van der Waals surface area (Å²) in [5.74, 6) is 5.36. The van der Waals surface area contributed by atoms with Gasteiger partial charge >= 0.3 is 0 Å². The van der Waals surface area contributed by atoms with Crippen LogP contribution < -0.4 is 11.3 Å². The summed E-state index contributed by atoms with van der Waals surface area (Å²) in [4.78, 5) is 0. The summed E-state index contributed by atoms with van der Waals surface area (Å²) in [7, 11) is 0. The van der Waals surface area contributed by atoms with Crippen LogP contribution in [0.2, 0.25) is 0 Å². The predicted octanol–water partition coefficient (Wildman–Crippen LogP) is 1.54. The molecular formula is C7H10BrClN2O. The standard InChI is InChI=1S/C7H9BrN2O.ClH/c8-6-2-1-3-7(11)5(6)4-10-9;/h1-3,10-11H,4,9H2;1H. The highest BCUT2D eigenvalue weighted by Crippen LogP contribution is 2.24. The Balaban J connectivity index is 0.00000121. The van der Waals surface area contributed by atoms with Gasteiger partial charge < -0.3 is 5.11 Å². The van der Waals surface area contributed by atoms with Crippen molar-refractivity contribution in [2.45, 2.75) is 6.54 Å². The highest BCUT2D eigenvalue weighted by molar-refractivity contribution is 9.10. The Hall–Kier alpha value is -0.290. The van der Waals surface area contributed by atoms with E-state index in [1.54, 1.807) is 12.1 Å². The van der Waals surface area contributed by atoms with Crippen LogP contribution in [0.4, 0.5) is 0 Å². The molecule has 68 valence electrons. The van der Waals surface area contributed by atoms with Gasteiger partial charge in [-0.3, -0.25) is 11.3 Å². The van der Waals surface area contributed by atoms with E-state index in [1.165, 1.54) is 0 Å². The first kappa shape index (κ1) is 11.7. The molecule has 0 heterocycles. The summed E-state index contributed by atoms with van der Waals surface area (Å²) in [5, 5.41) is 9.30. The molecule has 0 aliphatic heterocycles. The maximum absolute atomic E-state index is 9.30. The van der Waals surface area contributed by atoms with Gasteiger partial charge in [0, 0.05) is 16.6 Å². The molecule has 0 aliphatic carbocycles. The topological polar surface area (TPSA) is 58.3 Å². The third kappa shape index (κ3) is 2.64. The lowest BCUT2D eigenvalue weighted by molar-refractivity contribution is 0.464. The fourth-order valence-corrected chi connectivity index (χ4v) is 1.32. The number of phenolic OH excluding ortho intramolecular Hbond substituents is 1. The summed E-state index contributed by atoms with van der Waals surface area (Å²) >= 11 is 3.29. The fraction of sp³-hybridized carbons (Fsp3) is 0.143. The molecule has 0 aromatic heterocycles. The Morgan fingerprint density at radius 2 is 2.17 bits per heavy atom. The second kappa shape index (κ2) is 5.37. The number of aromatic hydroxyl groups is 1. The SMILES string of the molecule is Cl.NNCc1c(O)cccc1Br. The van der Waals surface area contributed by atoms with Gasteiger partial charge in [-0.25, -0.2) is 0 Å². The van der Waals surface area contributed by atoms with Crippen molar-refractivity contribution in [3.63, 3.8) is 0 Å². The molecule has 0 radical (unpaired) electrons. The van der Waals surface area contributed by atoms with Crippen LogP contribution in [-0.2, 0) is 6.54 Å². The third-order valence-electron chi connectivity index (χ3n) is 1.37. The number of phenols is 1. The van der Waals surface area contributed by atoms with E-state index in [0.717, 1.165) is 10.0 Å². The second-order valence-corrected chi connectivity index (χ2v) is 2.97. The van der Waals surface area contributed by atoms with Gasteiger partial charge in [0.15, 0.2) is 0 Å². The lowest BCUT2D eigenvalue weighted by Gasteiger charge is -2.04. The van der Waals surface area contributed by atoms with Crippen molar-refractivity contribution < 1.29 is 5.11 Å². The van der Waals surface area contributed by atoms with Crippen molar-refractivity contribution in [1.29, 1.82) is 0 Å². The van der Waals surface area contributed by atoms with Gasteiger partial charge in [-0.05, 0) is 12.1 Å². The van der Waals surface area contributed by atoms with Crippen LogP contribution in [0, 0.1) is 0 Å². The lowest BCUT2D eigenvalue weighted by atomic mass is 10.2. The van der Waals surface area contributed by atoms with Crippen LogP contribution in [0.15, 0.2) is 22.7 Å². The molecule has 0 amide bonds. The summed E-state index contributed by atoms with van der Waals surface area (Å²) in [6.07, 6.45) is 0. The molecule has 3 nitrogen and oxygen atoms in total.